The molecule has 1 fully saturated rings. The molecule has 126 valence electrons. The van der Waals surface area contributed by atoms with Crippen molar-refractivity contribution in [3.63, 3.8) is 0 Å². The molecule has 4 nitrogen and oxygen atoms in total. The number of ether oxygens (including phenoxy) is 1. The maximum absolute atomic E-state index is 12.0. The Kier molecular flexibility index (Phi) is 4.12. The maximum atomic E-state index is 12.0. The summed E-state index contributed by atoms with van der Waals surface area (Å²) in [5.41, 5.74) is 9.21. The highest BCUT2D eigenvalue weighted by Crippen LogP contribution is 2.34. The number of morpholine rings is 1. The third kappa shape index (κ3) is 2.96. The molecule has 0 spiro atoms. The molecule has 0 atom stereocenters. The van der Waals surface area contributed by atoms with E-state index in [-0.39, 0.29) is 0 Å². The number of amides is 1. The van der Waals surface area contributed by atoms with Gasteiger partial charge in [0, 0.05) is 24.3 Å². The van der Waals surface area contributed by atoms with E-state index < -0.39 is 5.91 Å². The van der Waals surface area contributed by atoms with Crippen molar-refractivity contribution in [2.45, 2.75) is 0 Å². The number of anilines is 1. The van der Waals surface area contributed by atoms with Gasteiger partial charge >= 0.3 is 0 Å². The number of carbonyl (C=O) groups is 1. The SMILES string of the molecule is NC(=O)c1ccc(N2CCOCC2)cc1-c1cccc2ccccc12. The number of nitrogens with two attached hydrogens (primary N) is 1. The van der Waals surface area contributed by atoms with E-state index in [0.29, 0.717) is 5.56 Å². The van der Waals surface area contributed by atoms with E-state index in [1.54, 1.807) is 0 Å². The van der Waals surface area contributed by atoms with Gasteiger partial charge < -0.3 is 15.4 Å². The molecule has 0 radical (unpaired) electrons. The van der Waals surface area contributed by atoms with Gasteiger partial charge in [-0.05, 0) is 40.1 Å². The minimum Gasteiger partial charge on any atom is -0.378 e. The van der Waals surface area contributed by atoms with Crippen molar-refractivity contribution >= 4 is 22.4 Å². The molecule has 0 saturated carbocycles. The summed E-state index contributed by atoms with van der Waals surface area (Å²) in [6, 6.07) is 20.2. The van der Waals surface area contributed by atoms with Gasteiger partial charge in [-0.15, -0.1) is 0 Å². The summed E-state index contributed by atoms with van der Waals surface area (Å²) in [7, 11) is 0. The lowest BCUT2D eigenvalue weighted by Gasteiger charge is -2.29. The Morgan fingerprint density at radius 1 is 0.920 bits per heavy atom. The number of rotatable bonds is 3. The predicted octanol–water partition coefficient (Wildman–Crippen LogP) is 3.44. The summed E-state index contributed by atoms with van der Waals surface area (Å²) in [5, 5.41) is 2.26. The van der Waals surface area contributed by atoms with Crippen molar-refractivity contribution in [1.82, 2.24) is 0 Å². The first-order valence-corrected chi connectivity index (χ1v) is 8.49. The number of carbonyl (C=O) groups excluding carboxylic acids is 1. The molecule has 0 aromatic heterocycles. The molecule has 1 heterocycles. The molecule has 3 aromatic rings. The Labute approximate surface area is 146 Å². The van der Waals surface area contributed by atoms with Crippen LogP contribution in [-0.4, -0.2) is 32.2 Å². The highest BCUT2D eigenvalue weighted by molar-refractivity contribution is 6.06. The summed E-state index contributed by atoms with van der Waals surface area (Å²) in [6.45, 7) is 3.15. The van der Waals surface area contributed by atoms with Crippen LogP contribution in [0.1, 0.15) is 10.4 Å². The van der Waals surface area contributed by atoms with Gasteiger partial charge in [0.2, 0.25) is 5.91 Å². The van der Waals surface area contributed by atoms with Crippen molar-refractivity contribution in [3.05, 3.63) is 66.2 Å². The minimum atomic E-state index is -0.406. The van der Waals surface area contributed by atoms with Gasteiger partial charge in [-0.2, -0.15) is 0 Å². The zero-order valence-electron chi connectivity index (χ0n) is 13.9. The van der Waals surface area contributed by atoms with Crippen LogP contribution in [0, 0.1) is 0 Å². The van der Waals surface area contributed by atoms with Crippen molar-refractivity contribution < 1.29 is 9.53 Å². The first kappa shape index (κ1) is 15.7. The molecule has 1 saturated heterocycles. The molecule has 1 aliphatic rings. The van der Waals surface area contributed by atoms with Gasteiger partial charge in [0.05, 0.1) is 13.2 Å². The van der Waals surface area contributed by atoms with Crippen LogP contribution in [0.15, 0.2) is 60.7 Å². The summed E-state index contributed by atoms with van der Waals surface area (Å²) in [5.74, 6) is -0.406. The number of hydrogen-bond donors (Lipinski definition) is 1. The van der Waals surface area contributed by atoms with Crippen molar-refractivity contribution in [3.8, 4) is 11.1 Å². The van der Waals surface area contributed by atoms with Crippen LogP contribution in [0.3, 0.4) is 0 Å². The van der Waals surface area contributed by atoms with E-state index in [2.05, 4.69) is 29.2 Å². The van der Waals surface area contributed by atoms with E-state index in [9.17, 15) is 4.79 Å². The third-order valence-electron chi connectivity index (χ3n) is 4.72. The molecule has 3 aromatic carbocycles. The average molecular weight is 332 g/mol. The van der Waals surface area contributed by atoms with Crippen LogP contribution >= 0.6 is 0 Å². The minimum absolute atomic E-state index is 0.406. The topological polar surface area (TPSA) is 55.6 Å². The summed E-state index contributed by atoms with van der Waals surface area (Å²) in [6.07, 6.45) is 0. The molecule has 25 heavy (non-hydrogen) atoms. The lowest BCUT2D eigenvalue weighted by molar-refractivity contribution is 0.100. The van der Waals surface area contributed by atoms with Crippen LogP contribution < -0.4 is 10.6 Å². The molecule has 1 aliphatic heterocycles. The van der Waals surface area contributed by atoms with Gasteiger partial charge in [0.25, 0.3) is 0 Å². The average Bonchev–Trinajstić information content (AvgIpc) is 2.67. The second kappa shape index (κ2) is 6.57. The highest BCUT2D eigenvalue weighted by Gasteiger charge is 2.17. The lowest BCUT2D eigenvalue weighted by atomic mass is 9.93. The number of fused-ring (bicyclic) bond motifs is 1. The van der Waals surface area contributed by atoms with Crippen LogP contribution in [0.25, 0.3) is 21.9 Å². The molecule has 4 heteroatoms. The first-order valence-electron chi connectivity index (χ1n) is 8.49. The zero-order chi connectivity index (χ0) is 17.2. The summed E-state index contributed by atoms with van der Waals surface area (Å²) in [4.78, 5) is 14.3. The Balaban J connectivity index is 1.90. The molecular formula is C21H20N2O2. The van der Waals surface area contributed by atoms with E-state index >= 15 is 0 Å². The quantitative estimate of drug-likeness (QED) is 0.799. The van der Waals surface area contributed by atoms with Gasteiger partial charge in [0.15, 0.2) is 0 Å². The third-order valence-corrected chi connectivity index (χ3v) is 4.72. The van der Waals surface area contributed by atoms with Crippen LogP contribution in [0.5, 0.6) is 0 Å². The van der Waals surface area contributed by atoms with Crippen LogP contribution in [-0.2, 0) is 4.74 Å². The fraction of sp³-hybridized carbons (Fsp3) is 0.190. The second-order valence-electron chi connectivity index (χ2n) is 6.22. The first-order chi connectivity index (χ1) is 12.2. The van der Waals surface area contributed by atoms with Gasteiger partial charge in [-0.3, -0.25) is 4.79 Å². The van der Waals surface area contributed by atoms with E-state index in [4.69, 9.17) is 10.5 Å². The smallest absolute Gasteiger partial charge is 0.249 e. The van der Waals surface area contributed by atoms with Gasteiger partial charge in [-0.1, -0.05) is 42.5 Å². The molecule has 0 bridgehead atoms. The zero-order valence-corrected chi connectivity index (χ0v) is 13.9. The largest absolute Gasteiger partial charge is 0.378 e. The normalized spacial score (nSPS) is 14.6. The van der Waals surface area contributed by atoms with Crippen molar-refractivity contribution in [2.75, 3.05) is 31.2 Å². The molecular weight excluding hydrogens is 312 g/mol. The number of primary amides is 1. The number of nitrogens with zero attached hydrogens (tertiary/aromatic N) is 1. The molecule has 2 N–H and O–H groups in total. The summed E-state index contributed by atoms with van der Waals surface area (Å²) < 4.78 is 5.44. The van der Waals surface area contributed by atoms with Crippen molar-refractivity contribution in [2.24, 2.45) is 5.73 Å². The summed E-state index contributed by atoms with van der Waals surface area (Å²) >= 11 is 0. The fourth-order valence-electron chi connectivity index (χ4n) is 3.45. The lowest BCUT2D eigenvalue weighted by Crippen LogP contribution is -2.36. The van der Waals surface area contributed by atoms with Gasteiger partial charge in [-0.25, -0.2) is 0 Å². The van der Waals surface area contributed by atoms with Crippen molar-refractivity contribution in [1.29, 1.82) is 0 Å². The molecule has 0 unspecified atom stereocenters. The number of hydrogen-bond acceptors (Lipinski definition) is 3. The van der Waals surface area contributed by atoms with E-state index in [1.807, 2.05) is 36.4 Å². The molecule has 1 amide bonds. The van der Waals surface area contributed by atoms with E-state index in [0.717, 1.165) is 53.9 Å². The number of benzene rings is 3. The fourth-order valence-corrected chi connectivity index (χ4v) is 3.45. The maximum Gasteiger partial charge on any atom is 0.249 e. The Bertz CT molecular complexity index is 925. The van der Waals surface area contributed by atoms with Crippen LogP contribution in [0.4, 0.5) is 5.69 Å². The molecule has 0 aliphatic carbocycles. The Morgan fingerprint density at radius 2 is 1.68 bits per heavy atom. The Morgan fingerprint density at radius 3 is 2.48 bits per heavy atom. The monoisotopic (exact) mass is 332 g/mol. The Hall–Kier alpha value is -2.85. The van der Waals surface area contributed by atoms with Crippen LogP contribution in [0.2, 0.25) is 0 Å². The standard InChI is InChI=1S/C21H20N2O2/c22-21(24)19-9-8-16(23-10-12-25-13-11-23)14-20(19)18-7-3-5-15-4-1-2-6-17(15)18/h1-9,14H,10-13H2,(H2,22,24). The highest BCUT2D eigenvalue weighted by atomic mass is 16.5. The predicted molar refractivity (Wildman–Crippen MR) is 101 cm³/mol. The second-order valence-corrected chi connectivity index (χ2v) is 6.22. The van der Waals surface area contributed by atoms with E-state index in [1.165, 1.54) is 0 Å². The molecule has 4 rings (SSSR count). The van der Waals surface area contributed by atoms with Gasteiger partial charge in [0.1, 0.15) is 0 Å².